The van der Waals surface area contributed by atoms with Gasteiger partial charge in [0.1, 0.15) is 11.8 Å². The fraction of sp³-hybridized carbons (Fsp3) is 0.444. The van der Waals surface area contributed by atoms with E-state index in [2.05, 4.69) is 16.5 Å². The second kappa shape index (κ2) is 7.73. The number of carbonyl (C=O) groups excluding carboxylic acids is 2. The molecule has 0 aliphatic carbocycles. The average Bonchev–Trinajstić information content (AvgIpc) is 2.57. The van der Waals surface area contributed by atoms with Crippen molar-refractivity contribution in [3.05, 3.63) is 29.3 Å². The first-order valence-corrected chi connectivity index (χ1v) is 8.14. The van der Waals surface area contributed by atoms with E-state index in [0.29, 0.717) is 12.1 Å². The number of hydrogen-bond acceptors (Lipinski definition) is 4. The van der Waals surface area contributed by atoms with Gasteiger partial charge in [0, 0.05) is 12.8 Å². The van der Waals surface area contributed by atoms with E-state index in [-0.39, 0.29) is 30.4 Å². The van der Waals surface area contributed by atoms with E-state index in [1.165, 1.54) is 5.01 Å². The van der Waals surface area contributed by atoms with Crippen LogP contribution in [0.3, 0.4) is 0 Å². The topological polar surface area (TPSA) is 85.6 Å². The molecule has 0 spiro atoms. The summed E-state index contributed by atoms with van der Waals surface area (Å²) in [4.78, 5) is 24.6. The molecule has 24 heavy (non-hydrogen) atoms. The van der Waals surface area contributed by atoms with Gasteiger partial charge < -0.3 is 5.32 Å². The normalized spacial score (nSPS) is 15.5. The summed E-state index contributed by atoms with van der Waals surface area (Å²) in [6.45, 7) is 5.80. The van der Waals surface area contributed by atoms with E-state index < -0.39 is 6.04 Å². The van der Waals surface area contributed by atoms with Crippen LogP contribution in [-0.4, -0.2) is 23.6 Å². The van der Waals surface area contributed by atoms with Gasteiger partial charge in [0.05, 0.1) is 11.8 Å². The molecule has 6 heteroatoms. The minimum Gasteiger partial charge on any atom is -0.335 e. The van der Waals surface area contributed by atoms with Crippen LogP contribution in [0.15, 0.2) is 23.3 Å². The number of nitriles is 1. The lowest BCUT2D eigenvalue weighted by Gasteiger charge is -2.25. The van der Waals surface area contributed by atoms with Crippen molar-refractivity contribution in [2.75, 3.05) is 5.01 Å². The molecule has 1 aliphatic rings. The summed E-state index contributed by atoms with van der Waals surface area (Å²) < 4.78 is 0. The molecule has 1 aromatic carbocycles. The van der Waals surface area contributed by atoms with Crippen LogP contribution in [0.4, 0.5) is 5.69 Å². The number of nitrogens with zero attached hydrogens (tertiary/aromatic N) is 3. The van der Waals surface area contributed by atoms with E-state index >= 15 is 0 Å². The van der Waals surface area contributed by atoms with Crippen molar-refractivity contribution in [3.8, 4) is 6.07 Å². The van der Waals surface area contributed by atoms with Crippen LogP contribution < -0.4 is 10.3 Å². The van der Waals surface area contributed by atoms with Crippen LogP contribution >= 0.6 is 0 Å². The highest BCUT2D eigenvalue weighted by atomic mass is 16.2. The molecule has 126 valence electrons. The highest BCUT2D eigenvalue weighted by Gasteiger charge is 2.27. The molecule has 1 heterocycles. The van der Waals surface area contributed by atoms with Crippen LogP contribution in [0, 0.1) is 25.2 Å². The van der Waals surface area contributed by atoms with Crippen molar-refractivity contribution in [1.82, 2.24) is 5.32 Å². The highest BCUT2D eigenvalue weighted by Crippen LogP contribution is 2.25. The Kier molecular flexibility index (Phi) is 5.69. The number of anilines is 1. The Morgan fingerprint density at radius 1 is 1.42 bits per heavy atom. The molecule has 2 amide bonds. The van der Waals surface area contributed by atoms with E-state index in [4.69, 9.17) is 5.26 Å². The van der Waals surface area contributed by atoms with Crippen molar-refractivity contribution >= 4 is 23.2 Å². The molecule has 0 aromatic heterocycles. The Morgan fingerprint density at radius 3 is 2.83 bits per heavy atom. The zero-order valence-electron chi connectivity index (χ0n) is 14.3. The highest BCUT2D eigenvalue weighted by molar-refractivity contribution is 6.40. The first-order chi connectivity index (χ1) is 11.5. The average molecular weight is 326 g/mol. The maximum atomic E-state index is 12.3. The van der Waals surface area contributed by atoms with Gasteiger partial charge in [0.2, 0.25) is 5.91 Å². The van der Waals surface area contributed by atoms with Crippen LogP contribution in [0.25, 0.3) is 0 Å². The van der Waals surface area contributed by atoms with Crippen molar-refractivity contribution in [2.45, 2.75) is 52.5 Å². The lowest BCUT2D eigenvalue weighted by Crippen LogP contribution is -2.42. The Morgan fingerprint density at radius 2 is 2.17 bits per heavy atom. The summed E-state index contributed by atoms with van der Waals surface area (Å²) in [5.74, 6) is -0.511. The number of nitrogens with one attached hydrogen (secondary N) is 1. The first-order valence-electron chi connectivity index (χ1n) is 8.14. The van der Waals surface area contributed by atoms with E-state index in [1.807, 2.05) is 39.0 Å². The number of rotatable bonds is 5. The summed E-state index contributed by atoms with van der Waals surface area (Å²) in [5, 5.41) is 17.3. The Bertz CT molecular complexity index is 718. The maximum Gasteiger partial charge on any atom is 0.268 e. The van der Waals surface area contributed by atoms with E-state index in [0.717, 1.165) is 17.5 Å². The summed E-state index contributed by atoms with van der Waals surface area (Å²) in [6.07, 6.45) is 1.91. The number of amides is 2. The van der Waals surface area contributed by atoms with Gasteiger partial charge in [-0.3, -0.25) is 9.59 Å². The Hall–Kier alpha value is -2.68. The molecule has 1 atom stereocenters. The molecule has 0 bridgehead atoms. The van der Waals surface area contributed by atoms with Gasteiger partial charge in [-0.05, 0) is 37.5 Å². The standard InChI is InChI=1S/C18H22N4O2/c1-4-5-14(11-19)20-18(24)15-8-9-17(23)22(21-15)16-10-12(2)6-7-13(16)3/h6-7,10,14H,4-5,8-9H2,1-3H3,(H,20,24). The second-order valence-electron chi connectivity index (χ2n) is 5.99. The summed E-state index contributed by atoms with van der Waals surface area (Å²) >= 11 is 0. The zero-order valence-corrected chi connectivity index (χ0v) is 14.3. The third kappa shape index (κ3) is 3.99. The predicted octanol–water partition coefficient (Wildman–Crippen LogP) is 2.59. The number of carbonyl (C=O) groups is 2. The van der Waals surface area contributed by atoms with Crippen LogP contribution in [0.5, 0.6) is 0 Å². The van der Waals surface area contributed by atoms with Crippen molar-refractivity contribution in [3.63, 3.8) is 0 Å². The van der Waals surface area contributed by atoms with Gasteiger partial charge in [0.25, 0.3) is 5.91 Å². The third-order valence-electron chi connectivity index (χ3n) is 3.93. The minimum atomic E-state index is -0.531. The summed E-state index contributed by atoms with van der Waals surface area (Å²) in [5.41, 5.74) is 2.91. The van der Waals surface area contributed by atoms with Crippen molar-refractivity contribution in [2.24, 2.45) is 5.10 Å². The molecule has 6 nitrogen and oxygen atoms in total. The fourth-order valence-corrected chi connectivity index (χ4v) is 2.55. The molecule has 1 aliphatic heterocycles. The molecule has 0 saturated carbocycles. The molecular formula is C18H22N4O2. The molecule has 1 N–H and O–H groups in total. The monoisotopic (exact) mass is 326 g/mol. The van der Waals surface area contributed by atoms with E-state index in [9.17, 15) is 9.59 Å². The van der Waals surface area contributed by atoms with Crippen molar-refractivity contribution in [1.29, 1.82) is 5.26 Å². The van der Waals surface area contributed by atoms with Crippen LogP contribution in [0.1, 0.15) is 43.7 Å². The minimum absolute atomic E-state index is 0.134. The maximum absolute atomic E-state index is 12.3. The SMILES string of the molecule is CCCC(C#N)NC(=O)C1=NN(c2cc(C)ccc2C)C(=O)CC1. The first kappa shape index (κ1) is 17.7. The molecule has 0 fully saturated rings. The molecule has 1 aromatic rings. The third-order valence-corrected chi connectivity index (χ3v) is 3.93. The Labute approximate surface area is 142 Å². The summed E-state index contributed by atoms with van der Waals surface area (Å²) in [6, 6.07) is 7.32. The van der Waals surface area contributed by atoms with Crippen LogP contribution in [0.2, 0.25) is 0 Å². The largest absolute Gasteiger partial charge is 0.335 e. The van der Waals surface area contributed by atoms with Gasteiger partial charge >= 0.3 is 0 Å². The zero-order chi connectivity index (χ0) is 17.7. The molecular weight excluding hydrogens is 304 g/mol. The molecule has 1 unspecified atom stereocenters. The lowest BCUT2D eigenvalue weighted by molar-refractivity contribution is -0.119. The smallest absolute Gasteiger partial charge is 0.268 e. The van der Waals surface area contributed by atoms with Gasteiger partial charge in [-0.1, -0.05) is 25.5 Å². The molecule has 2 rings (SSSR count). The molecule has 0 radical (unpaired) electrons. The second-order valence-corrected chi connectivity index (χ2v) is 5.99. The van der Waals surface area contributed by atoms with E-state index in [1.54, 1.807) is 0 Å². The van der Waals surface area contributed by atoms with Gasteiger partial charge in [-0.2, -0.15) is 10.4 Å². The lowest BCUT2D eigenvalue weighted by atomic mass is 10.1. The van der Waals surface area contributed by atoms with Gasteiger partial charge in [-0.25, -0.2) is 5.01 Å². The molecule has 0 saturated heterocycles. The number of aryl methyl sites for hydroxylation is 2. The number of hydrogen-bond donors (Lipinski definition) is 1. The summed E-state index contributed by atoms with van der Waals surface area (Å²) in [7, 11) is 0. The van der Waals surface area contributed by atoms with Crippen LogP contribution in [-0.2, 0) is 9.59 Å². The predicted molar refractivity (Wildman–Crippen MR) is 92.5 cm³/mol. The Balaban J connectivity index is 2.26. The quantitative estimate of drug-likeness (QED) is 0.902. The fourth-order valence-electron chi connectivity index (χ4n) is 2.55. The van der Waals surface area contributed by atoms with Gasteiger partial charge in [0.15, 0.2) is 0 Å². The number of hydrazone groups is 1. The van der Waals surface area contributed by atoms with Gasteiger partial charge in [-0.15, -0.1) is 0 Å². The van der Waals surface area contributed by atoms with Crippen molar-refractivity contribution < 1.29 is 9.59 Å². The number of benzene rings is 1.